The van der Waals surface area contributed by atoms with Crippen molar-refractivity contribution in [2.45, 2.75) is 19.4 Å². The molecule has 0 aliphatic carbocycles. The van der Waals surface area contributed by atoms with Crippen molar-refractivity contribution in [2.75, 3.05) is 25.4 Å². The van der Waals surface area contributed by atoms with E-state index in [1.54, 1.807) is 17.2 Å². The van der Waals surface area contributed by atoms with Crippen LogP contribution in [0, 0.1) is 0 Å². The topological polar surface area (TPSA) is 68.5 Å². The maximum atomic E-state index is 12.4. The molecule has 1 saturated heterocycles. The largest absolute Gasteiger partial charge is 0.384 e. The monoisotopic (exact) mass is 313 g/mol. The van der Waals surface area contributed by atoms with Crippen LogP contribution in [0.4, 0.5) is 5.82 Å². The highest BCUT2D eigenvalue weighted by Gasteiger charge is 2.25. The lowest BCUT2D eigenvalue weighted by Crippen LogP contribution is -2.45. The summed E-state index contributed by atoms with van der Waals surface area (Å²) in [5.41, 5.74) is 6.18. The molecule has 1 aromatic rings. The fourth-order valence-corrected chi connectivity index (χ4v) is 2.33. The molecule has 0 spiro atoms. The van der Waals surface area contributed by atoms with Gasteiger partial charge in [0.2, 0.25) is 0 Å². The van der Waals surface area contributed by atoms with Crippen molar-refractivity contribution in [1.82, 2.24) is 9.88 Å². The highest BCUT2D eigenvalue weighted by Crippen LogP contribution is 2.20. The van der Waals surface area contributed by atoms with E-state index < -0.39 is 0 Å². The van der Waals surface area contributed by atoms with Gasteiger partial charge in [0, 0.05) is 23.8 Å². The maximum Gasteiger partial charge on any atom is 0.255 e. The molecule has 18 heavy (non-hydrogen) atoms. The normalized spacial score (nSPS) is 19.9. The Morgan fingerprint density at radius 2 is 2.50 bits per heavy atom. The van der Waals surface area contributed by atoms with Crippen LogP contribution in [0.1, 0.15) is 23.7 Å². The minimum absolute atomic E-state index is 0.0299. The molecule has 2 N–H and O–H groups in total. The van der Waals surface area contributed by atoms with Gasteiger partial charge in [0.15, 0.2) is 0 Å². The number of hydrogen-bond donors (Lipinski definition) is 1. The van der Waals surface area contributed by atoms with E-state index in [-0.39, 0.29) is 12.0 Å². The number of carbonyl (C=O) groups excluding carboxylic acids is 1. The van der Waals surface area contributed by atoms with Crippen molar-refractivity contribution >= 4 is 27.7 Å². The zero-order valence-corrected chi connectivity index (χ0v) is 11.8. The second kappa shape index (κ2) is 5.67. The summed E-state index contributed by atoms with van der Waals surface area (Å²) >= 11 is 3.33. The molecule has 98 valence electrons. The van der Waals surface area contributed by atoms with E-state index in [0.717, 1.165) is 6.42 Å². The van der Waals surface area contributed by atoms with Gasteiger partial charge in [-0.05, 0) is 28.4 Å². The molecule has 2 rings (SSSR count). The average molecular weight is 314 g/mol. The molecule has 0 bridgehead atoms. The molecule has 1 unspecified atom stereocenters. The predicted octanol–water partition coefficient (Wildman–Crippen LogP) is 1.68. The van der Waals surface area contributed by atoms with Crippen molar-refractivity contribution in [3.05, 3.63) is 22.3 Å². The number of nitrogens with zero attached hydrogens (tertiary/aromatic N) is 2. The molecule has 1 fully saturated rings. The van der Waals surface area contributed by atoms with Gasteiger partial charge in [-0.15, -0.1) is 0 Å². The lowest BCUT2D eigenvalue weighted by Gasteiger charge is -2.32. The first-order valence-electron chi connectivity index (χ1n) is 5.93. The Labute approximate surface area is 114 Å². The number of nitrogen functional groups attached to an aromatic ring is 1. The van der Waals surface area contributed by atoms with Crippen LogP contribution in [0.5, 0.6) is 0 Å². The summed E-state index contributed by atoms with van der Waals surface area (Å²) in [4.78, 5) is 18.1. The first kappa shape index (κ1) is 13.3. The number of pyridine rings is 1. The average Bonchev–Trinajstić information content (AvgIpc) is 2.41. The molecule has 0 radical (unpaired) electrons. The number of rotatable bonds is 2. The van der Waals surface area contributed by atoms with Gasteiger partial charge < -0.3 is 15.4 Å². The quantitative estimate of drug-likeness (QED) is 0.902. The van der Waals surface area contributed by atoms with Crippen LogP contribution in [0.25, 0.3) is 0 Å². The molecular formula is C12H16BrN3O2. The van der Waals surface area contributed by atoms with Gasteiger partial charge in [-0.1, -0.05) is 6.92 Å². The van der Waals surface area contributed by atoms with Crippen molar-refractivity contribution in [2.24, 2.45) is 0 Å². The molecule has 0 aromatic carbocycles. The van der Waals surface area contributed by atoms with Crippen LogP contribution in [-0.4, -0.2) is 41.6 Å². The van der Waals surface area contributed by atoms with E-state index in [0.29, 0.717) is 35.6 Å². The number of ether oxygens (including phenoxy) is 1. The Balaban J connectivity index is 2.17. The molecular weight excluding hydrogens is 298 g/mol. The molecule has 1 atom stereocenters. The summed E-state index contributed by atoms with van der Waals surface area (Å²) in [6.07, 6.45) is 2.59. The van der Waals surface area contributed by atoms with Gasteiger partial charge in [-0.25, -0.2) is 4.98 Å². The number of morpholine rings is 1. The van der Waals surface area contributed by atoms with Gasteiger partial charge in [-0.3, -0.25) is 4.79 Å². The Bertz CT molecular complexity index is 453. The van der Waals surface area contributed by atoms with Gasteiger partial charge in [0.05, 0.1) is 18.3 Å². The maximum absolute atomic E-state index is 12.4. The van der Waals surface area contributed by atoms with Crippen LogP contribution < -0.4 is 5.73 Å². The second-order valence-corrected chi connectivity index (χ2v) is 5.10. The summed E-state index contributed by atoms with van der Waals surface area (Å²) < 4.78 is 6.22. The van der Waals surface area contributed by atoms with E-state index in [1.165, 1.54) is 0 Å². The molecule has 1 amide bonds. The van der Waals surface area contributed by atoms with Gasteiger partial charge in [-0.2, -0.15) is 0 Å². The van der Waals surface area contributed by atoms with E-state index in [4.69, 9.17) is 10.5 Å². The van der Waals surface area contributed by atoms with E-state index in [2.05, 4.69) is 27.8 Å². The number of halogens is 1. The lowest BCUT2D eigenvalue weighted by molar-refractivity contribution is -0.0226. The molecule has 1 aliphatic heterocycles. The molecule has 5 nitrogen and oxygen atoms in total. The van der Waals surface area contributed by atoms with Gasteiger partial charge >= 0.3 is 0 Å². The molecule has 2 heterocycles. The summed E-state index contributed by atoms with van der Waals surface area (Å²) in [5.74, 6) is 0.319. The Morgan fingerprint density at radius 3 is 3.22 bits per heavy atom. The van der Waals surface area contributed by atoms with Crippen LogP contribution >= 0.6 is 15.9 Å². The highest BCUT2D eigenvalue weighted by atomic mass is 79.9. The molecule has 6 heteroatoms. The smallest absolute Gasteiger partial charge is 0.255 e. The third kappa shape index (κ3) is 2.81. The predicted molar refractivity (Wildman–Crippen MR) is 72.3 cm³/mol. The Morgan fingerprint density at radius 1 is 1.72 bits per heavy atom. The number of hydrogen-bond acceptors (Lipinski definition) is 4. The molecule has 0 saturated carbocycles. The lowest BCUT2D eigenvalue weighted by atomic mass is 10.1. The summed E-state index contributed by atoms with van der Waals surface area (Å²) in [7, 11) is 0. The molecule has 1 aliphatic rings. The fraction of sp³-hybridized carbons (Fsp3) is 0.500. The third-order valence-electron chi connectivity index (χ3n) is 2.99. The molecule has 1 aromatic heterocycles. The van der Waals surface area contributed by atoms with Crippen molar-refractivity contribution < 1.29 is 9.53 Å². The minimum atomic E-state index is -0.0299. The zero-order valence-electron chi connectivity index (χ0n) is 10.2. The number of carbonyl (C=O) groups is 1. The van der Waals surface area contributed by atoms with Gasteiger partial charge in [0.25, 0.3) is 5.91 Å². The number of amides is 1. The van der Waals surface area contributed by atoms with Crippen LogP contribution in [0.3, 0.4) is 0 Å². The van der Waals surface area contributed by atoms with Crippen LogP contribution in [0.15, 0.2) is 16.7 Å². The Hall–Kier alpha value is -1.14. The van der Waals surface area contributed by atoms with Crippen molar-refractivity contribution in [3.63, 3.8) is 0 Å². The van der Waals surface area contributed by atoms with Crippen molar-refractivity contribution in [1.29, 1.82) is 0 Å². The summed E-state index contributed by atoms with van der Waals surface area (Å²) in [6.45, 7) is 3.88. The van der Waals surface area contributed by atoms with Crippen LogP contribution in [0.2, 0.25) is 0 Å². The number of anilines is 1. The minimum Gasteiger partial charge on any atom is -0.384 e. The van der Waals surface area contributed by atoms with Crippen LogP contribution in [-0.2, 0) is 4.74 Å². The number of nitrogens with two attached hydrogens (primary N) is 1. The number of aromatic nitrogens is 1. The first-order chi connectivity index (χ1) is 8.61. The van der Waals surface area contributed by atoms with E-state index in [9.17, 15) is 4.79 Å². The fourth-order valence-electron chi connectivity index (χ4n) is 1.94. The van der Waals surface area contributed by atoms with E-state index in [1.807, 2.05) is 0 Å². The third-order valence-corrected chi connectivity index (χ3v) is 3.62. The second-order valence-electron chi connectivity index (χ2n) is 4.24. The van der Waals surface area contributed by atoms with Gasteiger partial charge in [0.1, 0.15) is 5.82 Å². The SMILES string of the molecule is CCC1CN(C(=O)c2cc(N)ncc2Br)CCO1. The Kier molecular flexibility index (Phi) is 4.19. The summed E-state index contributed by atoms with van der Waals surface area (Å²) in [6, 6.07) is 1.60. The zero-order chi connectivity index (χ0) is 13.1. The summed E-state index contributed by atoms with van der Waals surface area (Å²) in [5, 5.41) is 0. The standard InChI is InChI=1S/C12H16BrN3O2/c1-2-8-7-16(3-4-18-8)12(17)9-5-11(14)15-6-10(9)13/h5-6,8H,2-4,7H2,1H3,(H2,14,15). The van der Waals surface area contributed by atoms with Crippen molar-refractivity contribution in [3.8, 4) is 0 Å². The first-order valence-corrected chi connectivity index (χ1v) is 6.73. The van der Waals surface area contributed by atoms with E-state index >= 15 is 0 Å². The highest BCUT2D eigenvalue weighted by molar-refractivity contribution is 9.10.